The summed E-state index contributed by atoms with van der Waals surface area (Å²) in [5.41, 5.74) is 7.19. The zero-order valence-electron chi connectivity index (χ0n) is 11.0. The Morgan fingerprint density at radius 1 is 1.30 bits per heavy atom. The number of carbonyl (C=O) groups excluding carboxylic acids is 1. The molecule has 2 aromatic rings. The fourth-order valence-corrected chi connectivity index (χ4v) is 1.82. The van der Waals surface area contributed by atoms with Crippen LogP contribution < -0.4 is 11.1 Å². The van der Waals surface area contributed by atoms with Crippen LogP contribution >= 0.6 is 0 Å². The molecule has 0 saturated carbocycles. The first-order chi connectivity index (χ1) is 9.60. The molecule has 104 valence electrons. The summed E-state index contributed by atoms with van der Waals surface area (Å²) in [6.07, 6.45) is 0. The van der Waals surface area contributed by atoms with Crippen molar-refractivity contribution in [3.63, 3.8) is 0 Å². The van der Waals surface area contributed by atoms with Crippen LogP contribution in [0.15, 0.2) is 42.5 Å². The molecule has 0 heterocycles. The fourth-order valence-electron chi connectivity index (χ4n) is 1.82. The lowest BCUT2D eigenvalue weighted by Crippen LogP contribution is -2.14. The Labute approximate surface area is 116 Å². The predicted octanol–water partition coefficient (Wildman–Crippen LogP) is 2.81. The number of nitrogens with two attached hydrogens (primary N) is 1. The molecule has 0 radical (unpaired) electrons. The van der Waals surface area contributed by atoms with E-state index in [0.717, 1.165) is 11.6 Å². The number of amides is 1. The van der Waals surface area contributed by atoms with Gasteiger partial charge in [0.25, 0.3) is 5.91 Å². The lowest BCUT2D eigenvalue weighted by Gasteiger charge is -2.08. The molecule has 20 heavy (non-hydrogen) atoms. The van der Waals surface area contributed by atoms with E-state index in [2.05, 4.69) is 5.32 Å². The fraction of sp³-hybridized carbons (Fsp3) is 0.133. The van der Waals surface area contributed by atoms with Crippen LogP contribution in [-0.2, 0) is 11.3 Å². The molecule has 5 heteroatoms. The molecule has 0 fully saturated rings. The van der Waals surface area contributed by atoms with Gasteiger partial charge < -0.3 is 15.8 Å². The molecule has 1 amide bonds. The highest BCUT2D eigenvalue weighted by molar-refractivity contribution is 6.04. The third-order valence-corrected chi connectivity index (χ3v) is 2.73. The Hall–Kier alpha value is -2.40. The van der Waals surface area contributed by atoms with Gasteiger partial charge in [-0.2, -0.15) is 0 Å². The zero-order chi connectivity index (χ0) is 14.5. The van der Waals surface area contributed by atoms with Crippen molar-refractivity contribution in [2.24, 2.45) is 0 Å². The number of hydrogen-bond acceptors (Lipinski definition) is 3. The summed E-state index contributed by atoms with van der Waals surface area (Å²) < 4.78 is 18.7. The summed E-state index contributed by atoms with van der Waals surface area (Å²) in [6.45, 7) is 0.444. The summed E-state index contributed by atoms with van der Waals surface area (Å²) in [4.78, 5) is 12.0. The van der Waals surface area contributed by atoms with Crippen molar-refractivity contribution in [2.45, 2.75) is 6.61 Å². The van der Waals surface area contributed by atoms with Crippen molar-refractivity contribution in [1.29, 1.82) is 0 Å². The van der Waals surface area contributed by atoms with Crippen LogP contribution in [0.1, 0.15) is 15.9 Å². The Morgan fingerprint density at radius 2 is 2.10 bits per heavy atom. The van der Waals surface area contributed by atoms with Crippen LogP contribution in [0.2, 0.25) is 0 Å². The number of benzene rings is 2. The summed E-state index contributed by atoms with van der Waals surface area (Å²) in [7, 11) is 1.59. The molecule has 3 N–H and O–H groups in total. The van der Waals surface area contributed by atoms with Gasteiger partial charge in [-0.25, -0.2) is 4.39 Å². The largest absolute Gasteiger partial charge is 0.399 e. The smallest absolute Gasteiger partial charge is 0.258 e. The number of rotatable bonds is 4. The van der Waals surface area contributed by atoms with E-state index in [1.807, 2.05) is 6.07 Å². The SMILES string of the molecule is COCc1cccc(NC(=O)c2ccc(N)cc2F)c1. The van der Waals surface area contributed by atoms with E-state index in [4.69, 9.17) is 10.5 Å². The van der Waals surface area contributed by atoms with Crippen LogP contribution in [0, 0.1) is 5.82 Å². The monoisotopic (exact) mass is 274 g/mol. The van der Waals surface area contributed by atoms with Gasteiger partial charge in [-0.1, -0.05) is 12.1 Å². The Kier molecular flexibility index (Phi) is 4.32. The number of methoxy groups -OCH3 is 1. The number of carbonyl (C=O) groups is 1. The van der Waals surface area contributed by atoms with Gasteiger partial charge in [0, 0.05) is 18.5 Å². The number of nitrogens with one attached hydrogen (secondary N) is 1. The van der Waals surface area contributed by atoms with Crippen LogP contribution in [-0.4, -0.2) is 13.0 Å². The Bertz CT molecular complexity index is 629. The average molecular weight is 274 g/mol. The summed E-state index contributed by atoms with van der Waals surface area (Å²) in [5.74, 6) is -1.16. The average Bonchev–Trinajstić information content (AvgIpc) is 2.39. The van der Waals surface area contributed by atoms with Crippen molar-refractivity contribution in [3.8, 4) is 0 Å². The third-order valence-electron chi connectivity index (χ3n) is 2.73. The predicted molar refractivity (Wildman–Crippen MR) is 75.9 cm³/mol. The van der Waals surface area contributed by atoms with E-state index in [0.29, 0.717) is 12.3 Å². The lowest BCUT2D eigenvalue weighted by molar-refractivity contribution is 0.102. The van der Waals surface area contributed by atoms with Gasteiger partial charge in [0.05, 0.1) is 12.2 Å². The summed E-state index contributed by atoms with van der Waals surface area (Å²) >= 11 is 0. The van der Waals surface area contributed by atoms with Crippen molar-refractivity contribution < 1.29 is 13.9 Å². The molecular formula is C15H15FN2O2. The van der Waals surface area contributed by atoms with Crippen LogP contribution in [0.25, 0.3) is 0 Å². The van der Waals surface area contributed by atoms with Crippen molar-refractivity contribution in [2.75, 3.05) is 18.2 Å². The number of hydrogen-bond donors (Lipinski definition) is 2. The quantitative estimate of drug-likeness (QED) is 0.843. The van der Waals surface area contributed by atoms with Crippen LogP contribution in [0.3, 0.4) is 0 Å². The molecular weight excluding hydrogens is 259 g/mol. The molecule has 0 aromatic heterocycles. The first kappa shape index (κ1) is 14.0. The summed E-state index contributed by atoms with van der Waals surface area (Å²) in [5, 5.41) is 2.64. The first-order valence-electron chi connectivity index (χ1n) is 6.04. The number of nitrogen functional groups attached to an aromatic ring is 1. The zero-order valence-corrected chi connectivity index (χ0v) is 11.0. The Balaban J connectivity index is 2.17. The van der Waals surface area contributed by atoms with E-state index in [9.17, 15) is 9.18 Å². The Morgan fingerprint density at radius 3 is 2.80 bits per heavy atom. The van der Waals surface area contributed by atoms with Crippen molar-refractivity contribution >= 4 is 17.3 Å². The number of ether oxygens (including phenoxy) is 1. The highest BCUT2D eigenvalue weighted by Gasteiger charge is 2.12. The normalized spacial score (nSPS) is 10.3. The van der Waals surface area contributed by atoms with E-state index in [1.54, 1.807) is 25.3 Å². The topological polar surface area (TPSA) is 64.3 Å². The van der Waals surface area contributed by atoms with Crippen LogP contribution in [0.5, 0.6) is 0 Å². The second kappa shape index (κ2) is 6.16. The number of halogens is 1. The molecule has 0 saturated heterocycles. The maximum absolute atomic E-state index is 13.6. The van der Waals surface area contributed by atoms with Crippen molar-refractivity contribution in [3.05, 3.63) is 59.4 Å². The van der Waals surface area contributed by atoms with E-state index in [-0.39, 0.29) is 11.3 Å². The molecule has 0 bridgehead atoms. The van der Waals surface area contributed by atoms with Gasteiger partial charge in [-0.3, -0.25) is 4.79 Å². The minimum atomic E-state index is -0.643. The van der Waals surface area contributed by atoms with E-state index >= 15 is 0 Å². The second-order valence-corrected chi connectivity index (χ2v) is 4.33. The number of anilines is 2. The second-order valence-electron chi connectivity index (χ2n) is 4.33. The highest BCUT2D eigenvalue weighted by atomic mass is 19.1. The summed E-state index contributed by atoms with van der Waals surface area (Å²) in [6, 6.07) is 11.1. The van der Waals surface area contributed by atoms with Crippen molar-refractivity contribution in [1.82, 2.24) is 0 Å². The molecule has 2 rings (SSSR count). The molecule has 2 aromatic carbocycles. The molecule has 0 spiro atoms. The maximum Gasteiger partial charge on any atom is 0.258 e. The molecule has 0 atom stereocenters. The molecule has 0 unspecified atom stereocenters. The van der Waals surface area contributed by atoms with Gasteiger partial charge in [0.15, 0.2) is 0 Å². The van der Waals surface area contributed by atoms with E-state index < -0.39 is 11.7 Å². The molecule has 0 aliphatic heterocycles. The van der Waals surface area contributed by atoms with Gasteiger partial charge in [0.2, 0.25) is 0 Å². The first-order valence-corrected chi connectivity index (χ1v) is 6.04. The molecule has 4 nitrogen and oxygen atoms in total. The van der Waals surface area contributed by atoms with Gasteiger partial charge >= 0.3 is 0 Å². The molecule has 0 aliphatic rings. The van der Waals surface area contributed by atoms with Gasteiger partial charge in [-0.15, -0.1) is 0 Å². The van der Waals surface area contributed by atoms with Crippen LogP contribution in [0.4, 0.5) is 15.8 Å². The molecule has 0 aliphatic carbocycles. The van der Waals surface area contributed by atoms with Gasteiger partial charge in [-0.05, 0) is 35.9 Å². The van der Waals surface area contributed by atoms with Gasteiger partial charge in [0.1, 0.15) is 5.82 Å². The maximum atomic E-state index is 13.6. The minimum absolute atomic E-state index is 0.0451. The standard InChI is InChI=1S/C15H15FN2O2/c1-20-9-10-3-2-4-12(7-10)18-15(19)13-6-5-11(17)8-14(13)16/h2-8H,9,17H2,1H3,(H,18,19). The van der Waals surface area contributed by atoms with E-state index in [1.165, 1.54) is 12.1 Å². The third kappa shape index (κ3) is 3.33. The highest BCUT2D eigenvalue weighted by Crippen LogP contribution is 2.16. The minimum Gasteiger partial charge on any atom is -0.399 e. The lowest BCUT2D eigenvalue weighted by atomic mass is 10.1.